The molecular weight excluding hydrogens is 663 g/mol. The quantitative estimate of drug-likeness (QED) is 0.140. The summed E-state index contributed by atoms with van der Waals surface area (Å²) in [6, 6.07) is 11.1. The number of nitrogens with zero attached hydrogens (tertiary/aromatic N) is 5. The number of rotatable bonds is 12. The number of nitrogens with two attached hydrogens (primary N) is 2. The van der Waals surface area contributed by atoms with Gasteiger partial charge in [-0.15, -0.1) is 0 Å². The molecule has 7 N–H and O–H groups in total. The molecule has 3 amide bonds. The van der Waals surface area contributed by atoms with Crippen LogP contribution in [0.3, 0.4) is 0 Å². The third-order valence-corrected chi connectivity index (χ3v) is 10.3. The van der Waals surface area contributed by atoms with E-state index in [9.17, 15) is 14.4 Å². The summed E-state index contributed by atoms with van der Waals surface area (Å²) in [6.45, 7) is 3.92. The summed E-state index contributed by atoms with van der Waals surface area (Å²) in [5.74, 6) is -1.32. The standard InChI is InChI=1S/C38H47FN10O3/c1-5-30-35-27(17-42-49(35)24-19-48(20-24)18-22-8-6-10-26(32(22)39)38(52)46(2)3)25-9-7-11-28(34(25)47(30)4)44-29(33(41)37(51)43-23-14-15-23)16-31(40)45-36(50)21-12-13-21/h6-11,16-17,21,23-24,30,44H,5,12-15,18-20,40-41H2,1-4H3,(H,43,51)(H,45,50)/b31-16+,33-29+. The third-order valence-electron chi connectivity index (χ3n) is 10.3. The molecule has 2 saturated carbocycles. The number of aromatic nitrogens is 2. The zero-order valence-corrected chi connectivity index (χ0v) is 30.1. The number of anilines is 2. The van der Waals surface area contributed by atoms with Gasteiger partial charge < -0.3 is 37.2 Å². The van der Waals surface area contributed by atoms with E-state index in [1.165, 1.54) is 17.0 Å². The fourth-order valence-corrected chi connectivity index (χ4v) is 7.15. The lowest BCUT2D eigenvalue weighted by Crippen LogP contribution is -2.48. The van der Waals surface area contributed by atoms with Gasteiger partial charge in [-0.05, 0) is 44.2 Å². The SMILES string of the molecule is CCC1c2c(cnn2C2CN(Cc3cccc(C(=O)N(C)C)c3F)C2)-c2cccc(NC(/C=C(\N)NC(=O)C3CC3)=C(/N)C(=O)NC3CC3)c2N1C. The van der Waals surface area contributed by atoms with Gasteiger partial charge in [0.25, 0.3) is 11.8 Å². The summed E-state index contributed by atoms with van der Waals surface area (Å²) in [4.78, 5) is 43.8. The Balaban J connectivity index is 1.15. The van der Waals surface area contributed by atoms with Crippen molar-refractivity contribution >= 4 is 29.1 Å². The molecule has 274 valence electrons. The molecule has 2 aromatic carbocycles. The molecule has 52 heavy (non-hydrogen) atoms. The van der Waals surface area contributed by atoms with Gasteiger partial charge in [-0.3, -0.25) is 24.0 Å². The van der Waals surface area contributed by atoms with Crippen molar-refractivity contribution in [3.63, 3.8) is 0 Å². The van der Waals surface area contributed by atoms with Crippen LogP contribution in [0, 0.1) is 11.7 Å². The first-order valence-electron chi connectivity index (χ1n) is 18.0. The molecule has 3 aromatic rings. The summed E-state index contributed by atoms with van der Waals surface area (Å²) in [7, 11) is 5.27. The predicted octanol–water partition coefficient (Wildman–Crippen LogP) is 3.54. The number of halogens is 1. The van der Waals surface area contributed by atoms with E-state index in [0.29, 0.717) is 25.2 Å². The van der Waals surface area contributed by atoms with Crippen molar-refractivity contribution in [3.8, 4) is 11.1 Å². The number of allylic oxidation sites excluding steroid dienone is 1. The van der Waals surface area contributed by atoms with E-state index in [4.69, 9.17) is 16.6 Å². The summed E-state index contributed by atoms with van der Waals surface area (Å²) in [5, 5.41) is 14.0. The molecule has 2 aliphatic carbocycles. The number of carbonyl (C=O) groups is 3. The smallest absolute Gasteiger partial charge is 0.269 e. The van der Waals surface area contributed by atoms with Gasteiger partial charge >= 0.3 is 0 Å². The largest absolute Gasteiger partial charge is 0.393 e. The number of amides is 3. The molecule has 14 heteroatoms. The van der Waals surface area contributed by atoms with E-state index in [0.717, 1.165) is 60.3 Å². The maximum Gasteiger partial charge on any atom is 0.269 e. The van der Waals surface area contributed by atoms with Crippen molar-refractivity contribution in [2.75, 3.05) is 44.4 Å². The highest BCUT2D eigenvalue weighted by atomic mass is 19.1. The van der Waals surface area contributed by atoms with Crippen LogP contribution in [-0.4, -0.2) is 77.6 Å². The zero-order chi connectivity index (χ0) is 36.8. The zero-order valence-electron chi connectivity index (χ0n) is 30.1. The molecule has 13 nitrogen and oxygen atoms in total. The Hall–Kier alpha value is -5.37. The van der Waals surface area contributed by atoms with Crippen LogP contribution < -0.4 is 32.3 Å². The highest BCUT2D eigenvalue weighted by Crippen LogP contribution is 2.49. The van der Waals surface area contributed by atoms with E-state index in [2.05, 4.69) is 43.4 Å². The van der Waals surface area contributed by atoms with Gasteiger partial charge in [0, 0.05) is 75.5 Å². The van der Waals surface area contributed by atoms with E-state index in [1.54, 1.807) is 26.2 Å². The number of para-hydroxylation sites is 1. The highest BCUT2D eigenvalue weighted by molar-refractivity contribution is 5.97. The van der Waals surface area contributed by atoms with Crippen molar-refractivity contribution in [3.05, 3.63) is 88.5 Å². The van der Waals surface area contributed by atoms with Crippen LogP contribution in [0.25, 0.3) is 11.1 Å². The molecule has 1 aromatic heterocycles. The maximum absolute atomic E-state index is 15.3. The molecule has 0 spiro atoms. The van der Waals surface area contributed by atoms with Crippen molar-refractivity contribution in [2.24, 2.45) is 17.4 Å². The van der Waals surface area contributed by atoms with Crippen molar-refractivity contribution in [1.29, 1.82) is 0 Å². The molecule has 1 unspecified atom stereocenters. The fourth-order valence-electron chi connectivity index (χ4n) is 7.15. The second-order valence-corrected chi connectivity index (χ2v) is 14.5. The lowest BCUT2D eigenvalue weighted by molar-refractivity contribution is -0.121. The molecule has 4 aliphatic rings. The third kappa shape index (κ3) is 6.82. The Labute approximate surface area is 302 Å². The molecule has 0 radical (unpaired) electrons. The lowest BCUT2D eigenvalue weighted by Gasteiger charge is -2.43. The summed E-state index contributed by atoms with van der Waals surface area (Å²) >= 11 is 0. The number of benzene rings is 2. The predicted molar refractivity (Wildman–Crippen MR) is 197 cm³/mol. The summed E-state index contributed by atoms with van der Waals surface area (Å²) in [6.07, 6.45) is 7.70. The average molecular weight is 711 g/mol. The summed E-state index contributed by atoms with van der Waals surface area (Å²) in [5.41, 5.74) is 18.3. The number of nitrogens with one attached hydrogen (secondary N) is 3. The van der Waals surface area contributed by atoms with Gasteiger partial charge in [0.15, 0.2) is 0 Å². The Bertz CT molecular complexity index is 1970. The second kappa shape index (κ2) is 14.0. The number of carbonyl (C=O) groups excluding carboxylic acids is 3. The average Bonchev–Trinajstić information content (AvgIpc) is 4.04. The lowest BCUT2D eigenvalue weighted by atomic mass is 9.91. The molecule has 0 bridgehead atoms. The number of hydrogen-bond donors (Lipinski definition) is 5. The minimum absolute atomic E-state index is 0.0189. The van der Waals surface area contributed by atoms with Crippen molar-refractivity contribution < 1.29 is 18.8 Å². The van der Waals surface area contributed by atoms with Crippen molar-refractivity contribution in [1.82, 2.24) is 30.2 Å². The van der Waals surface area contributed by atoms with E-state index in [1.807, 2.05) is 25.4 Å². The molecule has 7 rings (SSSR count). The Morgan fingerprint density at radius 2 is 1.77 bits per heavy atom. The van der Waals surface area contributed by atoms with Crippen LogP contribution in [0.5, 0.6) is 0 Å². The fraction of sp³-hybridized carbons (Fsp3) is 0.421. The van der Waals surface area contributed by atoms with Crippen LogP contribution in [0.1, 0.15) is 72.7 Å². The molecule has 3 fully saturated rings. The van der Waals surface area contributed by atoms with Crippen LogP contribution >= 0.6 is 0 Å². The molecule has 3 heterocycles. The normalized spacial score (nSPS) is 19.2. The van der Waals surface area contributed by atoms with Gasteiger partial charge in [0.05, 0.1) is 46.6 Å². The first-order chi connectivity index (χ1) is 24.9. The second-order valence-electron chi connectivity index (χ2n) is 14.5. The topological polar surface area (TPSA) is 167 Å². The number of hydrogen-bond acceptors (Lipinski definition) is 9. The first kappa shape index (κ1) is 35.1. The summed E-state index contributed by atoms with van der Waals surface area (Å²) < 4.78 is 17.4. The monoisotopic (exact) mass is 710 g/mol. The first-order valence-corrected chi connectivity index (χ1v) is 18.0. The van der Waals surface area contributed by atoms with Crippen molar-refractivity contribution in [2.45, 2.75) is 63.7 Å². The Morgan fingerprint density at radius 3 is 2.44 bits per heavy atom. The van der Waals surface area contributed by atoms with Gasteiger partial charge in [-0.25, -0.2) is 4.39 Å². The van der Waals surface area contributed by atoms with E-state index < -0.39 is 11.7 Å². The number of likely N-dealkylation sites (tertiary alicyclic amines) is 1. The molecule has 1 saturated heterocycles. The Kier molecular flexibility index (Phi) is 9.42. The van der Waals surface area contributed by atoms with Gasteiger partial charge in [0.2, 0.25) is 5.91 Å². The van der Waals surface area contributed by atoms with E-state index >= 15 is 4.39 Å². The molecule has 2 aliphatic heterocycles. The van der Waals surface area contributed by atoms with Gasteiger partial charge in [-0.2, -0.15) is 5.10 Å². The van der Waals surface area contributed by atoms with Gasteiger partial charge in [-0.1, -0.05) is 31.2 Å². The van der Waals surface area contributed by atoms with Crippen LogP contribution in [0.15, 0.2) is 65.9 Å². The van der Waals surface area contributed by atoms with Crippen LogP contribution in [0.2, 0.25) is 0 Å². The van der Waals surface area contributed by atoms with Crippen LogP contribution in [0.4, 0.5) is 15.8 Å². The minimum atomic E-state index is -0.473. The number of fused-ring (bicyclic) bond motifs is 3. The van der Waals surface area contributed by atoms with Crippen LogP contribution in [-0.2, 0) is 16.1 Å². The van der Waals surface area contributed by atoms with E-state index in [-0.39, 0.29) is 58.6 Å². The maximum atomic E-state index is 15.3. The highest BCUT2D eigenvalue weighted by Gasteiger charge is 2.38. The van der Waals surface area contributed by atoms with Gasteiger partial charge in [0.1, 0.15) is 17.3 Å². The minimum Gasteiger partial charge on any atom is -0.393 e. The Morgan fingerprint density at radius 1 is 1.04 bits per heavy atom. The molecular formula is C38H47FN10O3. The molecule has 1 atom stereocenters.